The maximum atomic E-state index is 12.3. The zero-order valence-corrected chi connectivity index (χ0v) is 19.7. The van der Waals surface area contributed by atoms with Gasteiger partial charge >= 0.3 is 11.9 Å². The molecule has 0 bridgehead atoms. The number of thioether (sulfide) groups is 1. The third-order valence-corrected chi connectivity index (χ3v) is 7.60. The van der Waals surface area contributed by atoms with E-state index < -0.39 is 0 Å². The molecule has 0 saturated carbocycles. The quantitative estimate of drug-likeness (QED) is 0.193. The number of nitrogens with zero attached hydrogens (tertiary/aromatic N) is 1. The molecule has 3 rings (SSSR count). The van der Waals surface area contributed by atoms with Crippen molar-refractivity contribution in [3.63, 3.8) is 0 Å². The molecule has 2 saturated heterocycles. The van der Waals surface area contributed by atoms with Crippen molar-refractivity contribution in [2.45, 2.75) is 75.6 Å². The Morgan fingerprint density at radius 1 is 1.09 bits per heavy atom. The third kappa shape index (κ3) is 7.36. The third-order valence-electron chi connectivity index (χ3n) is 6.09. The van der Waals surface area contributed by atoms with Crippen LogP contribution < -0.4 is 16.0 Å². The van der Waals surface area contributed by atoms with Gasteiger partial charge in [0, 0.05) is 29.5 Å². The average molecular weight is 460 g/mol. The highest BCUT2D eigenvalue weighted by molar-refractivity contribution is 8.00. The molecule has 3 atom stereocenters. The lowest BCUT2D eigenvalue weighted by molar-refractivity contribution is -0.442. The Morgan fingerprint density at radius 2 is 1.84 bits per heavy atom. The highest BCUT2D eigenvalue weighted by atomic mass is 32.2. The largest absolute Gasteiger partial charge is 0.386 e. The maximum Gasteiger partial charge on any atom is 0.386 e. The van der Waals surface area contributed by atoms with Crippen LogP contribution in [0.5, 0.6) is 0 Å². The minimum Gasteiger partial charge on any atom is -0.332 e. The van der Waals surface area contributed by atoms with Gasteiger partial charge in [-0.25, -0.2) is 9.59 Å². The number of urea groups is 1. The molecule has 0 radical (unpaired) electrons. The molecule has 0 aromatic heterocycles. The molecule has 1 aromatic rings. The van der Waals surface area contributed by atoms with Crippen molar-refractivity contribution < 1.29 is 19.0 Å². The second-order valence-corrected chi connectivity index (χ2v) is 10.0. The van der Waals surface area contributed by atoms with E-state index in [9.17, 15) is 14.4 Å². The Morgan fingerprint density at radius 3 is 2.62 bits per heavy atom. The Hall–Kier alpha value is -2.35. The molecular weight excluding hydrogens is 424 g/mol. The number of carbonyl (C=O) groups excluding carboxylic acids is 3. The molecular formula is C24H35N4O3S+. The lowest BCUT2D eigenvalue weighted by atomic mass is 10.0. The molecule has 0 aliphatic carbocycles. The standard InChI is InChI=1S/C24H34N4O3S/c1-17-11-13-18(14-12-17)25-21(29)9-4-3-7-15-28(2)22(30)10-6-5-8-20-23-19(16-32-20)26-24(31)27-23/h11-14,19-20,23H,2-10,15-16H2,1H3,(H2-,25,26,27,29,31)/p+1. The van der Waals surface area contributed by atoms with E-state index in [1.54, 1.807) is 4.58 Å². The Kier molecular flexibility index (Phi) is 9.14. The smallest absolute Gasteiger partial charge is 0.332 e. The predicted molar refractivity (Wildman–Crippen MR) is 129 cm³/mol. The molecule has 2 heterocycles. The molecule has 174 valence electrons. The molecule has 32 heavy (non-hydrogen) atoms. The normalized spacial score (nSPS) is 21.5. The average Bonchev–Trinajstić information content (AvgIpc) is 3.31. The van der Waals surface area contributed by atoms with Gasteiger partial charge in [-0.05, 0) is 44.7 Å². The van der Waals surface area contributed by atoms with Gasteiger partial charge in [-0.2, -0.15) is 16.3 Å². The number of nitrogens with one attached hydrogen (secondary N) is 3. The van der Waals surface area contributed by atoms with Crippen molar-refractivity contribution in [3.05, 3.63) is 29.8 Å². The number of anilines is 1. The summed E-state index contributed by atoms with van der Waals surface area (Å²) in [5.74, 6) is 1.07. The molecule has 2 aliphatic heterocycles. The van der Waals surface area contributed by atoms with Crippen molar-refractivity contribution in [3.8, 4) is 0 Å². The first-order chi connectivity index (χ1) is 15.4. The number of benzene rings is 1. The van der Waals surface area contributed by atoms with Gasteiger partial charge in [-0.1, -0.05) is 24.1 Å². The molecule has 0 spiro atoms. The maximum absolute atomic E-state index is 12.3. The number of amides is 4. The number of unbranched alkanes of at least 4 members (excludes halogenated alkanes) is 3. The predicted octanol–water partition coefficient (Wildman–Crippen LogP) is 3.46. The Labute approximate surface area is 194 Å². The number of fused-ring (bicyclic) bond motifs is 1. The highest BCUT2D eigenvalue weighted by Crippen LogP contribution is 2.33. The van der Waals surface area contributed by atoms with Gasteiger partial charge in [-0.3, -0.25) is 4.79 Å². The van der Waals surface area contributed by atoms with Gasteiger partial charge in [0.05, 0.1) is 18.5 Å². The van der Waals surface area contributed by atoms with Gasteiger partial charge in [0.1, 0.15) is 6.72 Å². The molecule has 1 aromatic carbocycles. The summed E-state index contributed by atoms with van der Waals surface area (Å²) in [4.78, 5) is 35.7. The van der Waals surface area contributed by atoms with E-state index in [4.69, 9.17) is 0 Å². The lowest BCUT2D eigenvalue weighted by Crippen LogP contribution is -2.36. The fourth-order valence-electron chi connectivity index (χ4n) is 4.17. The van der Waals surface area contributed by atoms with E-state index in [-0.39, 0.29) is 29.9 Å². The first-order valence-electron chi connectivity index (χ1n) is 11.6. The summed E-state index contributed by atoms with van der Waals surface area (Å²) in [5.41, 5.74) is 1.99. The minimum absolute atomic E-state index is 0.0242. The first-order valence-corrected chi connectivity index (χ1v) is 12.6. The fourth-order valence-corrected chi connectivity index (χ4v) is 5.72. The molecule has 2 fully saturated rings. The van der Waals surface area contributed by atoms with Crippen LogP contribution in [-0.2, 0) is 9.59 Å². The zero-order chi connectivity index (χ0) is 22.9. The van der Waals surface area contributed by atoms with Crippen molar-refractivity contribution in [1.82, 2.24) is 10.6 Å². The highest BCUT2D eigenvalue weighted by Gasteiger charge is 2.42. The molecule has 3 N–H and O–H groups in total. The topological polar surface area (TPSA) is 90.3 Å². The van der Waals surface area contributed by atoms with Crippen LogP contribution in [0.1, 0.15) is 56.9 Å². The summed E-state index contributed by atoms with van der Waals surface area (Å²) in [7, 11) is 0. The van der Waals surface area contributed by atoms with E-state index in [2.05, 4.69) is 22.7 Å². The van der Waals surface area contributed by atoms with Crippen LogP contribution in [-0.4, -0.2) is 58.8 Å². The van der Waals surface area contributed by atoms with Gasteiger partial charge < -0.3 is 16.0 Å². The fraction of sp³-hybridized carbons (Fsp3) is 0.583. The van der Waals surface area contributed by atoms with Crippen molar-refractivity contribution in [1.29, 1.82) is 0 Å². The van der Waals surface area contributed by atoms with Crippen LogP contribution >= 0.6 is 11.8 Å². The van der Waals surface area contributed by atoms with Crippen LogP contribution in [0.25, 0.3) is 0 Å². The molecule has 8 heteroatoms. The lowest BCUT2D eigenvalue weighted by Gasteiger charge is -2.16. The summed E-state index contributed by atoms with van der Waals surface area (Å²) in [5, 5.41) is 9.31. The van der Waals surface area contributed by atoms with E-state index >= 15 is 0 Å². The summed E-state index contributed by atoms with van der Waals surface area (Å²) in [6.45, 7) is 6.53. The van der Waals surface area contributed by atoms with Crippen molar-refractivity contribution >= 4 is 42.0 Å². The minimum atomic E-state index is -0.0555. The van der Waals surface area contributed by atoms with E-state index in [1.165, 1.54) is 0 Å². The number of rotatable bonds is 12. The van der Waals surface area contributed by atoms with Gasteiger partial charge in [0.2, 0.25) is 5.91 Å². The monoisotopic (exact) mass is 459 g/mol. The van der Waals surface area contributed by atoms with E-state index in [0.717, 1.165) is 55.5 Å². The second-order valence-electron chi connectivity index (χ2n) is 8.75. The van der Waals surface area contributed by atoms with Gasteiger partial charge in [-0.15, -0.1) is 0 Å². The van der Waals surface area contributed by atoms with Gasteiger partial charge in [0.15, 0.2) is 6.54 Å². The number of aryl methyl sites for hydroxylation is 1. The Balaban J connectivity index is 1.20. The summed E-state index contributed by atoms with van der Waals surface area (Å²) in [6.07, 6.45) is 6.37. The van der Waals surface area contributed by atoms with Crippen LogP contribution in [0, 0.1) is 6.92 Å². The summed E-state index contributed by atoms with van der Waals surface area (Å²) in [6, 6.07) is 8.20. The molecule has 2 aliphatic rings. The Bertz CT molecular complexity index is 827. The summed E-state index contributed by atoms with van der Waals surface area (Å²) >= 11 is 1.91. The summed E-state index contributed by atoms with van der Waals surface area (Å²) < 4.78 is 1.56. The zero-order valence-electron chi connectivity index (χ0n) is 18.9. The van der Waals surface area contributed by atoms with Crippen LogP contribution in [0.3, 0.4) is 0 Å². The molecule has 4 amide bonds. The van der Waals surface area contributed by atoms with E-state index in [1.807, 2.05) is 43.0 Å². The second kappa shape index (κ2) is 12.0. The first kappa shape index (κ1) is 24.3. The van der Waals surface area contributed by atoms with Crippen molar-refractivity contribution in [2.24, 2.45) is 0 Å². The number of hydrogen-bond acceptors (Lipinski definition) is 4. The van der Waals surface area contributed by atoms with Crippen LogP contribution in [0.4, 0.5) is 10.5 Å². The van der Waals surface area contributed by atoms with E-state index in [0.29, 0.717) is 24.6 Å². The van der Waals surface area contributed by atoms with Crippen LogP contribution in [0.2, 0.25) is 0 Å². The van der Waals surface area contributed by atoms with Crippen molar-refractivity contribution in [2.75, 3.05) is 17.6 Å². The molecule has 7 nitrogen and oxygen atoms in total. The number of carbonyl (C=O) groups is 3. The van der Waals surface area contributed by atoms with Crippen LogP contribution in [0.15, 0.2) is 24.3 Å². The van der Waals surface area contributed by atoms with Gasteiger partial charge in [0.25, 0.3) is 0 Å². The number of hydrogen-bond donors (Lipinski definition) is 3. The SMILES string of the molecule is C=[N+](CCCCCC(=O)Nc1ccc(C)cc1)C(=O)CCCCC1SCC2NC(=O)NC21. The molecule has 3 unspecified atom stereocenters.